The van der Waals surface area contributed by atoms with Crippen LogP contribution in [0.15, 0.2) is 36.1 Å². The zero-order chi connectivity index (χ0) is 11.0. The summed E-state index contributed by atoms with van der Waals surface area (Å²) in [5, 5.41) is 10.6. The lowest BCUT2D eigenvalue weighted by molar-refractivity contribution is 0.0120. The summed E-state index contributed by atoms with van der Waals surface area (Å²) in [5.41, 5.74) is 1.71. The maximum Gasteiger partial charge on any atom is 0.129 e. The van der Waals surface area contributed by atoms with Crippen molar-refractivity contribution >= 4 is 0 Å². The summed E-state index contributed by atoms with van der Waals surface area (Å²) in [5.74, 6) is 0.787. The SMILES string of the molecule is OC1(C2=CCCCO2)Cc2ccccc2C1. The van der Waals surface area contributed by atoms with E-state index in [2.05, 4.69) is 18.2 Å². The smallest absolute Gasteiger partial charge is 0.129 e. The molecule has 2 aliphatic rings. The van der Waals surface area contributed by atoms with Crippen molar-refractivity contribution in [1.82, 2.24) is 0 Å². The Hall–Kier alpha value is -1.28. The molecule has 0 fully saturated rings. The molecule has 1 aliphatic heterocycles. The summed E-state index contributed by atoms with van der Waals surface area (Å²) < 4.78 is 5.61. The van der Waals surface area contributed by atoms with E-state index in [1.165, 1.54) is 11.1 Å². The maximum absolute atomic E-state index is 10.6. The highest BCUT2D eigenvalue weighted by Crippen LogP contribution is 2.36. The topological polar surface area (TPSA) is 29.5 Å². The van der Waals surface area contributed by atoms with E-state index in [0.29, 0.717) is 12.8 Å². The minimum atomic E-state index is -0.788. The van der Waals surface area contributed by atoms with Gasteiger partial charge in [-0.2, -0.15) is 0 Å². The first-order chi connectivity index (χ1) is 7.78. The van der Waals surface area contributed by atoms with Crippen LogP contribution in [-0.4, -0.2) is 17.3 Å². The van der Waals surface area contributed by atoms with Gasteiger partial charge in [0.2, 0.25) is 0 Å². The van der Waals surface area contributed by atoms with E-state index >= 15 is 0 Å². The normalized spacial score (nSPS) is 22.2. The molecular formula is C14H16O2. The highest BCUT2D eigenvalue weighted by molar-refractivity contribution is 5.39. The van der Waals surface area contributed by atoms with Crippen LogP contribution < -0.4 is 0 Å². The Balaban J connectivity index is 1.90. The van der Waals surface area contributed by atoms with Crippen molar-refractivity contribution in [3.63, 3.8) is 0 Å². The van der Waals surface area contributed by atoms with Gasteiger partial charge in [-0.15, -0.1) is 0 Å². The van der Waals surface area contributed by atoms with E-state index < -0.39 is 5.60 Å². The van der Waals surface area contributed by atoms with Gasteiger partial charge in [-0.1, -0.05) is 24.3 Å². The van der Waals surface area contributed by atoms with E-state index in [-0.39, 0.29) is 0 Å². The second-order valence-electron chi connectivity index (χ2n) is 4.71. The Kier molecular flexibility index (Phi) is 2.25. The van der Waals surface area contributed by atoms with Crippen molar-refractivity contribution < 1.29 is 9.84 Å². The van der Waals surface area contributed by atoms with Gasteiger partial charge in [-0.25, -0.2) is 0 Å². The third kappa shape index (κ3) is 1.54. The van der Waals surface area contributed by atoms with Gasteiger partial charge in [0, 0.05) is 12.8 Å². The summed E-state index contributed by atoms with van der Waals surface area (Å²) in [6.07, 6.45) is 5.51. The average molecular weight is 216 g/mol. The Morgan fingerprint density at radius 3 is 2.38 bits per heavy atom. The Bertz CT molecular complexity index is 409. The average Bonchev–Trinajstić information content (AvgIpc) is 2.68. The summed E-state index contributed by atoms with van der Waals surface area (Å²) >= 11 is 0. The summed E-state index contributed by atoms with van der Waals surface area (Å²) in [6.45, 7) is 0.741. The van der Waals surface area contributed by atoms with Crippen LogP contribution in [0.25, 0.3) is 0 Å². The van der Waals surface area contributed by atoms with E-state index in [0.717, 1.165) is 25.2 Å². The standard InChI is InChI=1S/C14H16O2/c15-14(13-7-3-4-8-16-13)9-11-5-1-2-6-12(11)10-14/h1-2,5-7,15H,3-4,8-10H2. The number of hydrogen-bond donors (Lipinski definition) is 1. The van der Waals surface area contributed by atoms with Crippen molar-refractivity contribution in [1.29, 1.82) is 0 Å². The Morgan fingerprint density at radius 2 is 1.81 bits per heavy atom. The third-order valence-electron chi connectivity index (χ3n) is 3.48. The molecule has 1 N–H and O–H groups in total. The zero-order valence-corrected chi connectivity index (χ0v) is 9.28. The van der Waals surface area contributed by atoms with Crippen molar-refractivity contribution in [2.75, 3.05) is 6.61 Å². The molecule has 1 heterocycles. The van der Waals surface area contributed by atoms with Crippen LogP contribution in [0.1, 0.15) is 24.0 Å². The van der Waals surface area contributed by atoms with Gasteiger partial charge in [0.05, 0.1) is 6.61 Å². The highest BCUT2D eigenvalue weighted by atomic mass is 16.5. The van der Waals surface area contributed by atoms with E-state index in [4.69, 9.17) is 4.74 Å². The van der Waals surface area contributed by atoms with Crippen LogP contribution in [0.4, 0.5) is 0 Å². The fraction of sp³-hybridized carbons (Fsp3) is 0.429. The molecule has 1 aliphatic carbocycles. The van der Waals surface area contributed by atoms with E-state index in [1.807, 2.05) is 12.1 Å². The third-order valence-corrected chi connectivity index (χ3v) is 3.48. The quantitative estimate of drug-likeness (QED) is 0.780. The summed E-state index contributed by atoms with van der Waals surface area (Å²) in [4.78, 5) is 0. The Morgan fingerprint density at radius 1 is 1.12 bits per heavy atom. The molecule has 2 nitrogen and oxygen atoms in total. The molecule has 1 aromatic rings. The van der Waals surface area contributed by atoms with Crippen LogP contribution in [0.5, 0.6) is 0 Å². The largest absolute Gasteiger partial charge is 0.495 e. The fourth-order valence-corrected chi connectivity index (χ4v) is 2.65. The van der Waals surface area contributed by atoms with Gasteiger partial charge in [0.25, 0.3) is 0 Å². The van der Waals surface area contributed by atoms with Crippen molar-refractivity contribution in [2.24, 2.45) is 0 Å². The number of ether oxygens (including phenoxy) is 1. The number of hydrogen-bond acceptors (Lipinski definition) is 2. The molecular weight excluding hydrogens is 200 g/mol. The van der Waals surface area contributed by atoms with Crippen molar-refractivity contribution in [3.05, 3.63) is 47.2 Å². The minimum Gasteiger partial charge on any atom is -0.495 e. The molecule has 2 heteroatoms. The minimum absolute atomic E-state index is 0.689. The molecule has 84 valence electrons. The second-order valence-corrected chi connectivity index (χ2v) is 4.71. The predicted molar refractivity (Wildman–Crippen MR) is 62.1 cm³/mol. The van der Waals surface area contributed by atoms with Gasteiger partial charge in [0.15, 0.2) is 0 Å². The molecule has 0 saturated heterocycles. The monoisotopic (exact) mass is 216 g/mol. The lowest BCUT2D eigenvalue weighted by Gasteiger charge is -2.28. The predicted octanol–water partition coefficient (Wildman–Crippen LogP) is 2.21. The fourth-order valence-electron chi connectivity index (χ4n) is 2.65. The summed E-state index contributed by atoms with van der Waals surface area (Å²) in [6, 6.07) is 8.24. The number of aliphatic hydroxyl groups is 1. The molecule has 16 heavy (non-hydrogen) atoms. The molecule has 3 rings (SSSR count). The number of rotatable bonds is 1. The van der Waals surface area contributed by atoms with Crippen LogP contribution in [-0.2, 0) is 17.6 Å². The van der Waals surface area contributed by atoms with Crippen LogP contribution in [0.2, 0.25) is 0 Å². The molecule has 0 atom stereocenters. The second kappa shape index (κ2) is 3.63. The first-order valence-electron chi connectivity index (χ1n) is 5.90. The molecule has 0 saturated carbocycles. The van der Waals surface area contributed by atoms with Gasteiger partial charge in [-0.05, 0) is 30.0 Å². The number of benzene rings is 1. The van der Waals surface area contributed by atoms with Crippen molar-refractivity contribution in [3.8, 4) is 0 Å². The van der Waals surface area contributed by atoms with E-state index in [1.54, 1.807) is 0 Å². The zero-order valence-electron chi connectivity index (χ0n) is 9.28. The molecule has 0 aromatic heterocycles. The Labute approximate surface area is 95.6 Å². The van der Waals surface area contributed by atoms with Crippen LogP contribution >= 0.6 is 0 Å². The van der Waals surface area contributed by atoms with E-state index in [9.17, 15) is 5.11 Å². The van der Waals surface area contributed by atoms with Gasteiger partial charge in [0.1, 0.15) is 11.4 Å². The lowest BCUT2D eigenvalue weighted by Crippen LogP contribution is -2.34. The lowest BCUT2D eigenvalue weighted by atomic mass is 9.95. The number of allylic oxidation sites excluding steroid dienone is 1. The van der Waals surface area contributed by atoms with Crippen LogP contribution in [0.3, 0.4) is 0 Å². The molecule has 0 amide bonds. The van der Waals surface area contributed by atoms with Crippen LogP contribution in [0, 0.1) is 0 Å². The highest BCUT2D eigenvalue weighted by Gasteiger charge is 2.40. The summed E-state index contributed by atoms with van der Waals surface area (Å²) in [7, 11) is 0. The maximum atomic E-state index is 10.6. The molecule has 1 aromatic carbocycles. The molecule has 0 unspecified atom stereocenters. The first kappa shape index (κ1) is 9.91. The first-order valence-corrected chi connectivity index (χ1v) is 5.90. The van der Waals surface area contributed by atoms with Gasteiger partial charge < -0.3 is 9.84 Å². The molecule has 0 radical (unpaired) electrons. The van der Waals surface area contributed by atoms with Gasteiger partial charge in [-0.3, -0.25) is 0 Å². The van der Waals surface area contributed by atoms with Gasteiger partial charge >= 0.3 is 0 Å². The van der Waals surface area contributed by atoms with Crippen molar-refractivity contribution in [2.45, 2.75) is 31.3 Å². The molecule has 0 bridgehead atoms. The molecule has 0 spiro atoms. The number of fused-ring (bicyclic) bond motifs is 1.